The molecule has 0 aromatic heterocycles. The Labute approximate surface area is 124 Å². The molecule has 20 heavy (non-hydrogen) atoms. The van der Waals surface area contributed by atoms with E-state index in [0.29, 0.717) is 12.1 Å². The quantitative estimate of drug-likeness (QED) is 0.861. The van der Waals surface area contributed by atoms with Crippen LogP contribution in [0.1, 0.15) is 38.3 Å². The van der Waals surface area contributed by atoms with Gasteiger partial charge in [-0.15, -0.1) is 0 Å². The van der Waals surface area contributed by atoms with E-state index in [2.05, 4.69) is 67.3 Å². The molecule has 0 aliphatic carbocycles. The molecule has 1 heterocycles. The maximum Gasteiger partial charge on any atom is 0.0417 e. The molecule has 0 saturated carbocycles. The van der Waals surface area contributed by atoms with E-state index in [0.717, 1.165) is 13.1 Å². The fraction of sp³-hybridized carbons (Fsp3) is 0.647. The molecule has 1 aromatic carbocycles. The molecule has 1 N–H and O–H groups in total. The number of benzene rings is 1. The zero-order chi connectivity index (χ0) is 14.5. The van der Waals surface area contributed by atoms with Crippen LogP contribution in [-0.2, 0) is 0 Å². The van der Waals surface area contributed by atoms with Crippen molar-refractivity contribution in [2.45, 2.75) is 38.8 Å². The van der Waals surface area contributed by atoms with Gasteiger partial charge in [0.05, 0.1) is 0 Å². The summed E-state index contributed by atoms with van der Waals surface area (Å²) in [6.45, 7) is 7.74. The monoisotopic (exact) mass is 275 g/mol. The third-order valence-corrected chi connectivity index (χ3v) is 4.19. The van der Waals surface area contributed by atoms with Gasteiger partial charge in [-0.3, -0.25) is 0 Å². The summed E-state index contributed by atoms with van der Waals surface area (Å²) in [7, 11) is 4.33. The lowest BCUT2D eigenvalue weighted by Crippen LogP contribution is -2.37. The summed E-state index contributed by atoms with van der Waals surface area (Å²) in [5.41, 5.74) is 2.75. The summed E-state index contributed by atoms with van der Waals surface area (Å²) in [4.78, 5) is 4.87. The van der Waals surface area contributed by atoms with Crippen molar-refractivity contribution in [3.63, 3.8) is 0 Å². The van der Waals surface area contributed by atoms with E-state index < -0.39 is 0 Å². The molecule has 3 heteroatoms. The molecule has 2 rings (SSSR count). The van der Waals surface area contributed by atoms with Crippen LogP contribution in [0.15, 0.2) is 24.3 Å². The number of nitrogens with zero attached hydrogens (tertiary/aromatic N) is 2. The van der Waals surface area contributed by atoms with Crippen LogP contribution in [0.2, 0.25) is 0 Å². The lowest BCUT2D eigenvalue weighted by atomic mass is 10.1. The minimum atomic E-state index is 0.435. The van der Waals surface area contributed by atoms with Crippen molar-refractivity contribution < 1.29 is 0 Å². The van der Waals surface area contributed by atoms with Gasteiger partial charge in [-0.2, -0.15) is 0 Å². The van der Waals surface area contributed by atoms with Gasteiger partial charge in [0.15, 0.2) is 0 Å². The van der Waals surface area contributed by atoms with Crippen LogP contribution in [0.4, 0.5) is 5.69 Å². The van der Waals surface area contributed by atoms with Crippen molar-refractivity contribution in [3.8, 4) is 0 Å². The first-order valence-electron chi connectivity index (χ1n) is 7.86. The van der Waals surface area contributed by atoms with E-state index >= 15 is 0 Å². The van der Waals surface area contributed by atoms with Crippen molar-refractivity contribution in [2.24, 2.45) is 0 Å². The summed E-state index contributed by atoms with van der Waals surface area (Å²) in [5, 5.41) is 3.47. The normalized spacial score (nSPS) is 20.6. The summed E-state index contributed by atoms with van der Waals surface area (Å²) in [5.74, 6) is 0. The predicted molar refractivity (Wildman–Crippen MR) is 87.5 cm³/mol. The molecule has 1 fully saturated rings. The average molecular weight is 275 g/mol. The number of hydrogen-bond acceptors (Lipinski definition) is 3. The number of likely N-dealkylation sites (N-methyl/N-ethyl adjacent to an activating group) is 1. The lowest BCUT2D eigenvalue weighted by Gasteiger charge is -2.29. The van der Waals surface area contributed by atoms with Crippen molar-refractivity contribution in [1.29, 1.82) is 0 Å². The molecular formula is C17H29N3. The van der Waals surface area contributed by atoms with Crippen molar-refractivity contribution in [3.05, 3.63) is 29.8 Å². The van der Waals surface area contributed by atoms with Gasteiger partial charge in [-0.1, -0.05) is 19.1 Å². The Hall–Kier alpha value is -1.06. The van der Waals surface area contributed by atoms with Crippen LogP contribution >= 0.6 is 0 Å². The van der Waals surface area contributed by atoms with E-state index in [1.165, 1.54) is 30.6 Å². The SMILES string of the molecule is CCNC(C)c1ccc(N2CCCC2CN(C)C)cc1. The fourth-order valence-corrected chi connectivity index (χ4v) is 3.17. The molecule has 3 nitrogen and oxygen atoms in total. The van der Waals surface area contributed by atoms with Crippen molar-refractivity contribution in [1.82, 2.24) is 10.2 Å². The van der Waals surface area contributed by atoms with Crippen LogP contribution in [0.3, 0.4) is 0 Å². The highest BCUT2D eigenvalue weighted by Crippen LogP contribution is 2.27. The van der Waals surface area contributed by atoms with Crippen LogP contribution in [0, 0.1) is 0 Å². The Kier molecular flexibility index (Phi) is 5.44. The number of hydrogen-bond donors (Lipinski definition) is 1. The average Bonchev–Trinajstić information content (AvgIpc) is 2.86. The minimum Gasteiger partial charge on any atom is -0.367 e. The number of anilines is 1. The van der Waals surface area contributed by atoms with Gasteiger partial charge in [0.2, 0.25) is 0 Å². The van der Waals surface area contributed by atoms with Crippen LogP contribution in [0.25, 0.3) is 0 Å². The Balaban J connectivity index is 2.05. The number of rotatable bonds is 6. The molecule has 2 unspecified atom stereocenters. The highest BCUT2D eigenvalue weighted by molar-refractivity contribution is 5.50. The van der Waals surface area contributed by atoms with E-state index in [1.807, 2.05) is 0 Å². The highest BCUT2D eigenvalue weighted by Gasteiger charge is 2.25. The van der Waals surface area contributed by atoms with Crippen molar-refractivity contribution in [2.75, 3.05) is 38.6 Å². The maximum absolute atomic E-state index is 3.47. The summed E-state index contributed by atoms with van der Waals surface area (Å²) < 4.78 is 0. The van der Waals surface area contributed by atoms with Gasteiger partial charge in [0, 0.05) is 30.9 Å². The second kappa shape index (κ2) is 7.09. The molecule has 112 valence electrons. The van der Waals surface area contributed by atoms with Gasteiger partial charge in [-0.25, -0.2) is 0 Å². The number of nitrogens with one attached hydrogen (secondary N) is 1. The Morgan fingerprint density at radius 3 is 2.60 bits per heavy atom. The second-order valence-corrected chi connectivity index (χ2v) is 6.12. The van der Waals surface area contributed by atoms with Gasteiger partial charge in [0.1, 0.15) is 0 Å². The third-order valence-electron chi connectivity index (χ3n) is 4.19. The molecule has 1 saturated heterocycles. The van der Waals surface area contributed by atoms with E-state index in [1.54, 1.807) is 0 Å². The van der Waals surface area contributed by atoms with Gasteiger partial charge in [0.25, 0.3) is 0 Å². The first kappa shape index (κ1) is 15.3. The molecule has 1 aromatic rings. The van der Waals surface area contributed by atoms with Crippen LogP contribution < -0.4 is 10.2 Å². The summed E-state index contributed by atoms with van der Waals surface area (Å²) >= 11 is 0. The van der Waals surface area contributed by atoms with Crippen LogP contribution in [-0.4, -0.2) is 44.7 Å². The zero-order valence-electron chi connectivity index (χ0n) is 13.4. The van der Waals surface area contributed by atoms with Gasteiger partial charge < -0.3 is 15.1 Å². The van der Waals surface area contributed by atoms with E-state index in [4.69, 9.17) is 0 Å². The zero-order valence-corrected chi connectivity index (χ0v) is 13.4. The first-order chi connectivity index (χ1) is 9.61. The fourth-order valence-electron chi connectivity index (χ4n) is 3.17. The Morgan fingerprint density at radius 1 is 1.30 bits per heavy atom. The van der Waals surface area contributed by atoms with Gasteiger partial charge in [-0.05, 0) is 58.1 Å². The smallest absolute Gasteiger partial charge is 0.0417 e. The van der Waals surface area contributed by atoms with E-state index in [-0.39, 0.29) is 0 Å². The van der Waals surface area contributed by atoms with E-state index in [9.17, 15) is 0 Å². The maximum atomic E-state index is 3.47. The standard InChI is InChI=1S/C17H29N3/c1-5-18-14(2)15-8-10-16(11-9-15)20-12-6-7-17(20)13-19(3)4/h8-11,14,17-18H,5-7,12-13H2,1-4H3. The molecule has 1 aliphatic rings. The lowest BCUT2D eigenvalue weighted by molar-refractivity contribution is 0.372. The molecule has 0 radical (unpaired) electrons. The van der Waals surface area contributed by atoms with Crippen molar-refractivity contribution >= 4 is 5.69 Å². The molecular weight excluding hydrogens is 246 g/mol. The molecule has 1 aliphatic heterocycles. The third kappa shape index (κ3) is 3.74. The Morgan fingerprint density at radius 2 is 2.00 bits per heavy atom. The largest absolute Gasteiger partial charge is 0.367 e. The minimum absolute atomic E-state index is 0.435. The second-order valence-electron chi connectivity index (χ2n) is 6.12. The Bertz CT molecular complexity index is 399. The molecule has 0 bridgehead atoms. The molecule has 0 amide bonds. The summed E-state index contributed by atoms with van der Waals surface area (Å²) in [6.07, 6.45) is 2.63. The highest BCUT2D eigenvalue weighted by atomic mass is 15.2. The van der Waals surface area contributed by atoms with Gasteiger partial charge >= 0.3 is 0 Å². The molecule has 0 spiro atoms. The van der Waals surface area contributed by atoms with Crippen LogP contribution in [0.5, 0.6) is 0 Å². The predicted octanol–water partition coefficient (Wildman–Crippen LogP) is 2.89. The topological polar surface area (TPSA) is 18.5 Å². The summed E-state index contributed by atoms with van der Waals surface area (Å²) in [6, 6.07) is 10.2. The first-order valence-corrected chi connectivity index (χ1v) is 7.86. The molecule has 2 atom stereocenters.